The van der Waals surface area contributed by atoms with Gasteiger partial charge in [0.2, 0.25) is 0 Å². The van der Waals surface area contributed by atoms with Gasteiger partial charge in [-0.2, -0.15) is 0 Å². The van der Waals surface area contributed by atoms with E-state index in [1.165, 1.54) is 0 Å². The van der Waals surface area contributed by atoms with Crippen LogP contribution in [0.1, 0.15) is 55.7 Å². The molecule has 1 N–H and O–H groups in total. The highest BCUT2D eigenvalue weighted by atomic mass is 16.6. The van der Waals surface area contributed by atoms with E-state index in [4.69, 9.17) is 4.74 Å². The highest BCUT2D eigenvalue weighted by molar-refractivity contribution is 5.97. The van der Waals surface area contributed by atoms with E-state index in [-0.39, 0.29) is 12.0 Å². The van der Waals surface area contributed by atoms with Crippen molar-refractivity contribution in [1.82, 2.24) is 14.8 Å². The van der Waals surface area contributed by atoms with Crippen LogP contribution in [-0.4, -0.2) is 58.6 Å². The number of hydrogen-bond acceptors (Lipinski definition) is 3. The average molecular weight is 335 g/mol. The molecule has 1 aliphatic heterocycles. The maximum Gasteiger partial charge on any atom is 0.410 e. The molecule has 0 radical (unpaired) electrons. The van der Waals surface area contributed by atoms with Crippen molar-refractivity contribution in [1.29, 1.82) is 0 Å². The quantitative estimate of drug-likeness (QED) is 0.920. The van der Waals surface area contributed by atoms with Gasteiger partial charge in [-0.05, 0) is 53.0 Å². The predicted octanol–water partition coefficient (Wildman–Crippen LogP) is 2.97. The minimum absolute atomic E-state index is 0.0569. The molecular formula is C18H29N3O3. The molecule has 2 rings (SSSR count). The molecule has 1 aromatic heterocycles. The minimum Gasteiger partial charge on any atom is -0.444 e. The molecule has 2 amide bonds. The Morgan fingerprint density at radius 3 is 2.75 bits per heavy atom. The normalized spacial score (nSPS) is 15.0. The van der Waals surface area contributed by atoms with Crippen LogP contribution in [0.4, 0.5) is 4.79 Å². The monoisotopic (exact) mass is 335 g/mol. The summed E-state index contributed by atoms with van der Waals surface area (Å²) in [5.74, 6) is 0.0569. The molecule has 0 spiro atoms. The molecule has 134 valence electrons. The Bertz CT molecular complexity index is 601. The first-order chi connectivity index (χ1) is 11.2. The zero-order valence-electron chi connectivity index (χ0n) is 15.4. The summed E-state index contributed by atoms with van der Waals surface area (Å²) < 4.78 is 5.42. The van der Waals surface area contributed by atoms with Gasteiger partial charge >= 0.3 is 6.09 Å². The molecular weight excluding hydrogens is 306 g/mol. The van der Waals surface area contributed by atoms with E-state index in [2.05, 4.69) is 4.98 Å². The van der Waals surface area contributed by atoms with E-state index in [1.54, 1.807) is 4.90 Å². The fraction of sp³-hybridized carbons (Fsp3) is 0.667. The first kappa shape index (κ1) is 18.4. The lowest BCUT2D eigenvalue weighted by Gasteiger charge is -2.29. The van der Waals surface area contributed by atoms with Gasteiger partial charge in [0.15, 0.2) is 0 Å². The van der Waals surface area contributed by atoms with Gasteiger partial charge in [-0.25, -0.2) is 4.79 Å². The first-order valence-corrected chi connectivity index (χ1v) is 8.67. The number of rotatable bonds is 4. The molecule has 0 aromatic carbocycles. The molecule has 6 heteroatoms. The lowest BCUT2D eigenvalue weighted by atomic mass is 10.1. The van der Waals surface area contributed by atoms with Crippen LogP contribution in [0.15, 0.2) is 6.20 Å². The highest BCUT2D eigenvalue weighted by Crippen LogP contribution is 2.21. The van der Waals surface area contributed by atoms with Crippen molar-refractivity contribution in [2.45, 2.75) is 53.1 Å². The topological polar surface area (TPSA) is 65.6 Å². The number of amides is 2. The van der Waals surface area contributed by atoms with Crippen molar-refractivity contribution in [2.75, 3.05) is 26.2 Å². The second kappa shape index (κ2) is 7.28. The molecule has 0 fully saturated rings. The maximum atomic E-state index is 12.8. The molecule has 0 unspecified atom stereocenters. The number of ether oxygens (including phenoxy) is 1. The summed E-state index contributed by atoms with van der Waals surface area (Å²) in [5, 5.41) is 0. The van der Waals surface area contributed by atoms with Gasteiger partial charge in [-0.3, -0.25) is 4.79 Å². The summed E-state index contributed by atoms with van der Waals surface area (Å²) in [5.41, 5.74) is 2.30. The third-order valence-corrected chi connectivity index (χ3v) is 4.19. The molecule has 2 heterocycles. The number of aryl methyl sites for hydroxylation is 2. The number of aromatic nitrogens is 1. The van der Waals surface area contributed by atoms with Gasteiger partial charge in [0.25, 0.3) is 5.91 Å². The van der Waals surface area contributed by atoms with E-state index in [0.29, 0.717) is 26.2 Å². The van der Waals surface area contributed by atoms with Crippen LogP contribution in [0.2, 0.25) is 0 Å². The van der Waals surface area contributed by atoms with Gasteiger partial charge in [0, 0.05) is 38.1 Å². The van der Waals surface area contributed by atoms with Crippen molar-refractivity contribution in [3.8, 4) is 0 Å². The number of fused-ring (bicyclic) bond motifs is 1. The van der Waals surface area contributed by atoms with Gasteiger partial charge < -0.3 is 19.5 Å². The predicted molar refractivity (Wildman–Crippen MR) is 93.2 cm³/mol. The Balaban J connectivity index is 2.01. The number of nitrogens with zero attached hydrogens (tertiary/aromatic N) is 2. The molecule has 1 aromatic rings. The number of H-pyrrole nitrogens is 1. The van der Waals surface area contributed by atoms with E-state index >= 15 is 0 Å². The third kappa shape index (κ3) is 4.30. The number of aromatic amines is 1. The van der Waals surface area contributed by atoms with Crippen LogP contribution in [-0.2, 0) is 11.2 Å². The van der Waals surface area contributed by atoms with Crippen molar-refractivity contribution in [2.24, 2.45) is 0 Å². The van der Waals surface area contributed by atoms with E-state index in [1.807, 2.05) is 45.7 Å². The Hall–Kier alpha value is -1.98. The third-order valence-electron chi connectivity index (χ3n) is 4.19. The molecule has 0 bridgehead atoms. The standard InChI is InChI=1S/C18H29N3O3/c1-6-20(17(23)24-18(3,4)5)10-11-21-9-7-8-14-15(16(21)22)13(2)12-19-14/h12,19H,6-11H2,1-5H3. The number of carbonyl (C=O) groups is 2. The largest absolute Gasteiger partial charge is 0.444 e. The lowest BCUT2D eigenvalue weighted by molar-refractivity contribution is 0.0238. The fourth-order valence-electron chi connectivity index (χ4n) is 2.94. The van der Waals surface area contributed by atoms with Crippen LogP contribution < -0.4 is 0 Å². The zero-order valence-corrected chi connectivity index (χ0v) is 15.4. The summed E-state index contributed by atoms with van der Waals surface area (Å²) in [6, 6.07) is 0. The smallest absolute Gasteiger partial charge is 0.410 e. The number of nitrogens with one attached hydrogen (secondary N) is 1. The Kier molecular flexibility index (Phi) is 5.57. The number of carbonyl (C=O) groups excluding carboxylic acids is 2. The van der Waals surface area contributed by atoms with Crippen molar-refractivity contribution in [3.63, 3.8) is 0 Å². The van der Waals surface area contributed by atoms with Crippen LogP contribution in [0, 0.1) is 6.92 Å². The SMILES string of the molecule is CCN(CCN1CCCc2[nH]cc(C)c2C1=O)C(=O)OC(C)(C)C. The minimum atomic E-state index is -0.514. The van der Waals surface area contributed by atoms with Crippen molar-refractivity contribution < 1.29 is 14.3 Å². The number of hydrogen-bond donors (Lipinski definition) is 1. The fourth-order valence-corrected chi connectivity index (χ4v) is 2.94. The molecule has 24 heavy (non-hydrogen) atoms. The average Bonchev–Trinajstić information content (AvgIpc) is 2.76. The summed E-state index contributed by atoms with van der Waals surface area (Å²) in [6.07, 6.45) is 3.38. The van der Waals surface area contributed by atoms with Crippen molar-refractivity contribution in [3.05, 3.63) is 23.0 Å². The van der Waals surface area contributed by atoms with E-state index < -0.39 is 5.60 Å². The second-order valence-corrected chi connectivity index (χ2v) is 7.28. The summed E-state index contributed by atoms with van der Waals surface area (Å²) in [6.45, 7) is 11.7. The van der Waals surface area contributed by atoms with Crippen LogP contribution in [0.3, 0.4) is 0 Å². The Morgan fingerprint density at radius 2 is 2.12 bits per heavy atom. The highest BCUT2D eigenvalue weighted by Gasteiger charge is 2.27. The van der Waals surface area contributed by atoms with Crippen LogP contribution in [0.5, 0.6) is 0 Å². The van der Waals surface area contributed by atoms with E-state index in [0.717, 1.165) is 29.7 Å². The molecule has 1 aliphatic rings. The van der Waals surface area contributed by atoms with E-state index in [9.17, 15) is 9.59 Å². The van der Waals surface area contributed by atoms with Gasteiger partial charge in [0.05, 0.1) is 5.56 Å². The zero-order chi connectivity index (χ0) is 17.9. The summed E-state index contributed by atoms with van der Waals surface area (Å²) in [4.78, 5) is 31.7. The van der Waals surface area contributed by atoms with Gasteiger partial charge in [0.1, 0.15) is 5.60 Å². The lowest BCUT2D eigenvalue weighted by Crippen LogP contribution is -2.43. The Labute approximate surface area is 144 Å². The first-order valence-electron chi connectivity index (χ1n) is 8.67. The molecule has 0 saturated carbocycles. The number of likely N-dealkylation sites (N-methyl/N-ethyl adjacent to an activating group) is 1. The van der Waals surface area contributed by atoms with Crippen LogP contribution in [0.25, 0.3) is 0 Å². The molecule has 0 aliphatic carbocycles. The van der Waals surface area contributed by atoms with Crippen LogP contribution >= 0.6 is 0 Å². The molecule has 6 nitrogen and oxygen atoms in total. The maximum absolute atomic E-state index is 12.8. The van der Waals surface area contributed by atoms with Crippen molar-refractivity contribution >= 4 is 12.0 Å². The van der Waals surface area contributed by atoms with Gasteiger partial charge in [-0.15, -0.1) is 0 Å². The molecule has 0 atom stereocenters. The second-order valence-electron chi connectivity index (χ2n) is 7.28. The summed E-state index contributed by atoms with van der Waals surface area (Å²) in [7, 11) is 0. The Morgan fingerprint density at radius 1 is 1.42 bits per heavy atom. The molecule has 0 saturated heterocycles. The van der Waals surface area contributed by atoms with Gasteiger partial charge in [-0.1, -0.05) is 0 Å². The summed E-state index contributed by atoms with van der Waals surface area (Å²) >= 11 is 0.